The van der Waals surface area contributed by atoms with Gasteiger partial charge in [0.1, 0.15) is 11.3 Å². The molecular weight excluding hydrogens is 300 g/mol. The first kappa shape index (κ1) is 16.9. The number of amides is 1. The normalized spacial score (nSPS) is 12.4. The Kier molecular flexibility index (Phi) is 4.65. The molecule has 0 aliphatic rings. The molecule has 0 aromatic carbocycles. The van der Waals surface area contributed by atoms with E-state index in [0.29, 0.717) is 12.0 Å². The number of rotatable bonds is 4. The van der Waals surface area contributed by atoms with Crippen molar-refractivity contribution in [2.45, 2.75) is 13.0 Å². The third kappa shape index (κ3) is 2.89. The van der Waals surface area contributed by atoms with E-state index in [1.165, 1.54) is 35.7 Å². The monoisotopic (exact) mass is 320 g/mol. The van der Waals surface area contributed by atoms with Gasteiger partial charge < -0.3 is 9.64 Å². The standard InChI is InChI=1S/C15H20N4O4/c1-9(8-23-5)17(2)14(21)11-7-6-10-12(16-11)18(3)15(22)19(4)13(10)20/h6-7,9H,8H2,1-5H3. The molecule has 0 radical (unpaired) electrons. The minimum atomic E-state index is -0.485. The lowest BCUT2D eigenvalue weighted by atomic mass is 10.2. The average Bonchev–Trinajstić information content (AvgIpc) is 2.56. The number of carbonyl (C=O) groups is 1. The van der Waals surface area contributed by atoms with Crippen molar-refractivity contribution in [2.75, 3.05) is 20.8 Å². The van der Waals surface area contributed by atoms with Crippen molar-refractivity contribution in [1.82, 2.24) is 19.0 Å². The van der Waals surface area contributed by atoms with Gasteiger partial charge in [-0.1, -0.05) is 0 Å². The van der Waals surface area contributed by atoms with Crippen molar-refractivity contribution in [1.29, 1.82) is 0 Å². The molecule has 2 rings (SSSR count). The highest BCUT2D eigenvalue weighted by molar-refractivity contribution is 5.94. The van der Waals surface area contributed by atoms with E-state index in [0.717, 1.165) is 4.57 Å². The Labute approximate surface area is 132 Å². The van der Waals surface area contributed by atoms with Crippen LogP contribution in [-0.2, 0) is 18.8 Å². The third-order valence-corrected chi connectivity index (χ3v) is 3.91. The van der Waals surface area contributed by atoms with Gasteiger partial charge in [0.25, 0.3) is 11.5 Å². The average molecular weight is 320 g/mol. The van der Waals surface area contributed by atoms with Crippen LogP contribution >= 0.6 is 0 Å². The molecule has 0 bridgehead atoms. The van der Waals surface area contributed by atoms with Gasteiger partial charge in [-0.15, -0.1) is 0 Å². The third-order valence-electron chi connectivity index (χ3n) is 3.91. The van der Waals surface area contributed by atoms with Gasteiger partial charge in [0, 0.05) is 28.3 Å². The molecule has 0 aliphatic carbocycles. The van der Waals surface area contributed by atoms with Gasteiger partial charge in [-0.25, -0.2) is 9.78 Å². The van der Waals surface area contributed by atoms with E-state index in [1.54, 1.807) is 14.2 Å². The van der Waals surface area contributed by atoms with Gasteiger partial charge in [-0.2, -0.15) is 0 Å². The quantitative estimate of drug-likeness (QED) is 0.774. The van der Waals surface area contributed by atoms with Crippen LogP contribution in [-0.4, -0.2) is 51.7 Å². The lowest BCUT2D eigenvalue weighted by molar-refractivity contribution is 0.0628. The number of aromatic nitrogens is 3. The first-order valence-electron chi connectivity index (χ1n) is 7.12. The molecule has 8 nitrogen and oxygen atoms in total. The van der Waals surface area contributed by atoms with Crippen LogP contribution in [0.3, 0.4) is 0 Å². The smallest absolute Gasteiger partial charge is 0.332 e. The second-order valence-electron chi connectivity index (χ2n) is 5.49. The second kappa shape index (κ2) is 6.33. The molecule has 1 unspecified atom stereocenters. The summed E-state index contributed by atoms with van der Waals surface area (Å²) < 4.78 is 7.31. The maximum Gasteiger partial charge on any atom is 0.332 e. The number of ether oxygens (including phenoxy) is 1. The number of likely N-dealkylation sites (N-methyl/N-ethyl adjacent to an activating group) is 1. The largest absolute Gasteiger partial charge is 0.383 e. The summed E-state index contributed by atoms with van der Waals surface area (Å²) in [6.07, 6.45) is 0. The zero-order chi connectivity index (χ0) is 17.3. The lowest BCUT2D eigenvalue weighted by Crippen LogP contribution is -2.39. The summed E-state index contributed by atoms with van der Waals surface area (Å²) in [5.41, 5.74) is -0.556. The Balaban J connectivity index is 2.55. The van der Waals surface area contributed by atoms with E-state index in [-0.39, 0.29) is 23.3 Å². The Morgan fingerprint density at radius 2 is 1.96 bits per heavy atom. The molecule has 8 heteroatoms. The molecule has 0 aliphatic heterocycles. The van der Waals surface area contributed by atoms with Crippen molar-refractivity contribution in [3.8, 4) is 0 Å². The van der Waals surface area contributed by atoms with E-state index in [9.17, 15) is 14.4 Å². The molecule has 0 N–H and O–H groups in total. The molecule has 0 saturated heterocycles. The van der Waals surface area contributed by atoms with Crippen molar-refractivity contribution in [2.24, 2.45) is 14.1 Å². The van der Waals surface area contributed by atoms with Crippen LogP contribution in [0.25, 0.3) is 11.0 Å². The highest BCUT2D eigenvalue weighted by Crippen LogP contribution is 2.09. The highest BCUT2D eigenvalue weighted by Gasteiger charge is 2.20. The number of hydrogen-bond donors (Lipinski definition) is 0. The van der Waals surface area contributed by atoms with Gasteiger partial charge in [0.15, 0.2) is 0 Å². The van der Waals surface area contributed by atoms with Crippen LogP contribution in [0.4, 0.5) is 0 Å². The van der Waals surface area contributed by atoms with Crippen LogP contribution in [0.15, 0.2) is 21.7 Å². The van der Waals surface area contributed by atoms with E-state index >= 15 is 0 Å². The minimum Gasteiger partial charge on any atom is -0.383 e. The topological polar surface area (TPSA) is 86.4 Å². The predicted octanol–water partition coefficient (Wildman–Crippen LogP) is -0.261. The van der Waals surface area contributed by atoms with E-state index in [2.05, 4.69) is 4.98 Å². The Bertz CT molecular complexity index is 868. The number of methoxy groups -OCH3 is 1. The fourth-order valence-corrected chi connectivity index (χ4v) is 2.31. The molecule has 2 aromatic heterocycles. The number of carbonyl (C=O) groups excluding carboxylic acids is 1. The van der Waals surface area contributed by atoms with Crippen molar-refractivity contribution >= 4 is 16.9 Å². The van der Waals surface area contributed by atoms with Crippen molar-refractivity contribution in [3.63, 3.8) is 0 Å². The fourth-order valence-electron chi connectivity index (χ4n) is 2.31. The minimum absolute atomic E-state index is 0.127. The maximum atomic E-state index is 12.5. The summed E-state index contributed by atoms with van der Waals surface area (Å²) >= 11 is 0. The summed E-state index contributed by atoms with van der Waals surface area (Å²) in [5.74, 6) is -0.301. The summed E-state index contributed by atoms with van der Waals surface area (Å²) in [6.45, 7) is 2.25. The van der Waals surface area contributed by atoms with Crippen LogP contribution in [0.1, 0.15) is 17.4 Å². The summed E-state index contributed by atoms with van der Waals surface area (Å²) in [5, 5.41) is 0.291. The zero-order valence-corrected chi connectivity index (χ0v) is 13.9. The van der Waals surface area contributed by atoms with Gasteiger partial charge >= 0.3 is 5.69 Å². The van der Waals surface area contributed by atoms with E-state index in [1.807, 2.05) is 6.92 Å². The summed E-state index contributed by atoms with van der Waals surface area (Å²) in [6, 6.07) is 2.89. The summed E-state index contributed by atoms with van der Waals surface area (Å²) in [4.78, 5) is 42.3. The predicted molar refractivity (Wildman–Crippen MR) is 85.7 cm³/mol. The Morgan fingerprint density at radius 3 is 2.57 bits per heavy atom. The number of hydrogen-bond acceptors (Lipinski definition) is 5. The second-order valence-corrected chi connectivity index (χ2v) is 5.49. The van der Waals surface area contributed by atoms with Crippen LogP contribution in [0.5, 0.6) is 0 Å². The molecule has 0 spiro atoms. The molecule has 124 valence electrons. The molecule has 0 saturated carbocycles. The highest BCUT2D eigenvalue weighted by atomic mass is 16.5. The molecular formula is C15H20N4O4. The number of aryl methyl sites for hydroxylation is 1. The van der Waals surface area contributed by atoms with Crippen LogP contribution < -0.4 is 11.2 Å². The van der Waals surface area contributed by atoms with Gasteiger partial charge in [-0.3, -0.25) is 18.7 Å². The van der Waals surface area contributed by atoms with E-state index < -0.39 is 11.2 Å². The van der Waals surface area contributed by atoms with Crippen molar-refractivity contribution in [3.05, 3.63) is 38.7 Å². The molecule has 1 amide bonds. The van der Waals surface area contributed by atoms with Crippen molar-refractivity contribution < 1.29 is 9.53 Å². The number of fused-ring (bicyclic) bond motifs is 1. The number of nitrogens with zero attached hydrogens (tertiary/aromatic N) is 4. The molecule has 1 atom stereocenters. The summed E-state index contributed by atoms with van der Waals surface area (Å²) in [7, 11) is 6.14. The fraction of sp³-hybridized carbons (Fsp3) is 0.467. The van der Waals surface area contributed by atoms with Crippen LogP contribution in [0, 0.1) is 0 Å². The van der Waals surface area contributed by atoms with Gasteiger partial charge in [0.2, 0.25) is 0 Å². The molecule has 23 heavy (non-hydrogen) atoms. The first-order chi connectivity index (χ1) is 10.8. The number of pyridine rings is 1. The lowest BCUT2D eigenvalue weighted by Gasteiger charge is -2.24. The molecule has 2 heterocycles. The zero-order valence-electron chi connectivity index (χ0n) is 13.9. The van der Waals surface area contributed by atoms with Gasteiger partial charge in [-0.05, 0) is 19.1 Å². The Hall–Kier alpha value is -2.48. The molecule has 0 fully saturated rings. The van der Waals surface area contributed by atoms with Crippen LogP contribution in [0.2, 0.25) is 0 Å². The molecule has 2 aromatic rings. The Morgan fingerprint density at radius 1 is 1.30 bits per heavy atom. The SMILES string of the molecule is COCC(C)N(C)C(=O)c1ccc2c(=O)n(C)c(=O)n(C)c2n1. The maximum absolute atomic E-state index is 12.5. The first-order valence-corrected chi connectivity index (χ1v) is 7.12. The van der Waals surface area contributed by atoms with E-state index in [4.69, 9.17) is 4.74 Å². The van der Waals surface area contributed by atoms with Gasteiger partial charge in [0.05, 0.1) is 18.0 Å².